The van der Waals surface area contributed by atoms with Crippen LogP contribution in [0.15, 0.2) is 53.5 Å². The zero-order chi connectivity index (χ0) is 20.6. The molecule has 2 aliphatic rings. The molecule has 4 rings (SSSR count). The molecule has 0 spiro atoms. The maximum Gasteiger partial charge on any atom is 0.164 e. The molecule has 0 aliphatic carbocycles. The van der Waals surface area contributed by atoms with Gasteiger partial charge in [-0.2, -0.15) is 0 Å². The van der Waals surface area contributed by atoms with E-state index in [1.807, 2.05) is 47.4 Å². The Morgan fingerprint density at radius 1 is 1.21 bits per heavy atom. The molecule has 0 bridgehead atoms. The Balaban J connectivity index is 1.61. The van der Waals surface area contributed by atoms with Gasteiger partial charge in [-0.15, -0.1) is 0 Å². The maximum atomic E-state index is 12.2. The fraction of sp³-hybridized carbons (Fsp3) is 0.333. The van der Waals surface area contributed by atoms with Gasteiger partial charge in [-0.3, -0.25) is 9.79 Å². The van der Waals surface area contributed by atoms with Crippen LogP contribution in [-0.2, 0) is 15.6 Å². The van der Waals surface area contributed by atoms with Crippen molar-refractivity contribution >= 4 is 38.2 Å². The number of nitrogens with zero attached hydrogens (tertiary/aromatic N) is 2. The van der Waals surface area contributed by atoms with E-state index in [9.17, 15) is 13.2 Å². The van der Waals surface area contributed by atoms with Gasteiger partial charge in [-0.25, -0.2) is 8.42 Å². The Morgan fingerprint density at radius 2 is 1.97 bits per heavy atom. The molecule has 2 aromatic rings. The summed E-state index contributed by atoms with van der Waals surface area (Å²) in [5, 5.41) is 0.798. The van der Waals surface area contributed by atoms with E-state index in [-0.39, 0.29) is 29.4 Å². The number of anilines is 1. The molecule has 2 atom stereocenters. The molecule has 1 saturated heterocycles. The van der Waals surface area contributed by atoms with Crippen LogP contribution >= 0.6 is 11.8 Å². The topological polar surface area (TPSA) is 76.0 Å². The van der Waals surface area contributed by atoms with E-state index in [0.29, 0.717) is 11.3 Å². The van der Waals surface area contributed by atoms with Crippen LogP contribution in [0.5, 0.6) is 5.75 Å². The molecule has 152 valence electrons. The average Bonchev–Trinajstić information content (AvgIpc) is 3.17. The molecule has 0 amide bonds. The third kappa shape index (κ3) is 4.18. The summed E-state index contributed by atoms with van der Waals surface area (Å²) >= 11 is 1.58. The molecular weight excluding hydrogens is 408 g/mol. The Kier molecular flexibility index (Phi) is 5.40. The summed E-state index contributed by atoms with van der Waals surface area (Å²) in [7, 11) is -1.47. The highest BCUT2D eigenvalue weighted by Crippen LogP contribution is 2.36. The van der Waals surface area contributed by atoms with E-state index in [4.69, 9.17) is 9.73 Å². The van der Waals surface area contributed by atoms with E-state index >= 15 is 0 Å². The number of ether oxygens (including phenoxy) is 1. The predicted octanol–water partition coefficient (Wildman–Crippen LogP) is 3.17. The van der Waals surface area contributed by atoms with Gasteiger partial charge in [0, 0.05) is 17.0 Å². The number of amidine groups is 1. The van der Waals surface area contributed by atoms with E-state index in [1.54, 1.807) is 24.9 Å². The SMILES string of the molecule is COc1ccc(CSC2=N[C@H]3CS(=O)(=O)C[C@@H]3N2c2cccc(C(C)=O)c2)cc1. The van der Waals surface area contributed by atoms with Crippen LogP contribution < -0.4 is 9.64 Å². The Labute approximate surface area is 174 Å². The molecular formula is C21H22N2O4S2. The highest BCUT2D eigenvalue weighted by atomic mass is 32.2. The molecule has 0 aromatic heterocycles. The van der Waals surface area contributed by atoms with E-state index in [1.165, 1.54) is 6.92 Å². The van der Waals surface area contributed by atoms with Crippen molar-refractivity contribution in [3.8, 4) is 5.75 Å². The standard InChI is InChI=1S/C21H22N2O4S2/c1-14(24)16-4-3-5-17(10-16)23-20-13-29(25,26)12-19(20)22-21(23)28-11-15-6-8-18(27-2)9-7-15/h3-10,19-20H,11-13H2,1-2H3/t19-,20-/m0/s1. The van der Waals surface area contributed by atoms with Gasteiger partial charge in [0.25, 0.3) is 0 Å². The number of hydrogen-bond acceptors (Lipinski definition) is 7. The summed E-state index contributed by atoms with van der Waals surface area (Å²) < 4.78 is 29.5. The summed E-state index contributed by atoms with van der Waals surface area (Å²) in [6, 6.07) is 14.7. The molecule has 2 aromatic carbocycles. The van der Waals surface area contributed by atoms with Gasteiger partial charge in [0.15, 0.2) is 20.8 Å². The highest BCUT2D eigenvalue weighted by molar-refractivity contribution is 8.13. The van der Waals surface area contributed by atoms with Crippen LogP contribution in [0.2, 0.25) is 0 Å². The van der Waals surface area contributed by atoms with Crippen LogP contribution in [-0.4, -0.2) is 50.1 Å². The molecule has 29 heavy (non-hydrogen) atoms. The summed E-state index contributed by atoms with van der Waals surface area (Å²) in [4.78, 5) is 18.6. The van der Waals surface area contributed by atoms with E-state index in [0.717, 1.165) is 22.2 Å². The normalized spacial score (nSPS) is 22.3. The van der Waals surface area contributed by atoms with Crippen molar-refractivity contribution in [3.05, 3.63) is 59.7 Å². The van der Waals surface area contributed by atoms with Gasteiger partial charge in [-0.05, 0) is 36.8 Å². The number of fused-ring (bicyclic) bond motifs is 1. The van der Waals surface area contributed by atoms with Crippen LogP contribution in [0, 0.1) is 0 Å². The molecule has 1 fully saturated rings. The number of hydrogen-bond donors (Lipinski definition) is 0. The first-order chi connectivity index (χ1) is 13.9. The zero-order valence-corrected chi connectivity index (χ0v) is 17.9. The lowest BCUT2D eigenvalue weighted by atomic mass is 10.1. The smallest absolute Gasteiger partial charge is 0.164 e. The Bertz CT molecular complexity index is 1060. The number of sulfone groups is 1. The first-order valence-corrected chi connectivity index (χ1v) is 12.1. The third-order valence-corrected chi connectivity index (χ3v) is 7.90. The predicted molar refractivity (Wildman–Crippen MR) is 117 cm³/mol. The number of rotatable bonds is 5. The number of thioether (sulfide) groups is 1. The third-order valence-electron chi connectivity index (χ3n) is 5.17. The Morgan fingerprint density at radius 3 is 2.66 bits per heavy atom. The summed E-state index contributed by atoms with van der Waals surface area (Å²) in [6.07, 6.45) is 0. The maximum absolute atomic E-state index is 12.2. The van der Waals surface area contributed by atoms with Gasteiger partial charge in [0.2, 0.25) is 0 Å². The fourth-order valence-electron chi connectivity index (χ4n) is 3.68. The molecule has 0 unspecified atom stereocenters. The largest absolute Gasteiger partial charge is 0.497 e. The number of methoxy groups -OCH3 is 1. The zero-order valence-electron chi connectivity index (χ0n) is 16.2. The fourth-order valence-corrected chi connectivity index (χ4v) is 6.60. The first kappa shape index (κ1) is 20.0. The van der Waals surface area contributed by atoms with Crippen molar-refractivity contribution in [2.24, 2.45) is 4.99 Å². The number of aliphatic imine (C=N–C) groups is 1. The van der Waals surface area contributed by atoms with Crippen LogP contribution in [0.3, 0.4) is 0 Å². The van der Waals surface area contributed by atoms with Crippen molar-refractivity contribution in [1.82, 2.24) is 0 Å². The number of Topliss-reactive ketones (excluding diaryl/α,β-unsaturated/α-hetero) is 1. The minimum atomic E-state index is -3.11. The van der Waals surface area contributed by atoms with Gasteiger partial charge >= 0.3 is 0 Å². The monoisotopic (exact) mass is 430 g/mol. The lowest BCUT2D eigenvalue weighted by molar-refractivity contribution is 0.101. The van der Waals surface area contributed by atoms with Crippen molar-refractivity contribution in [2.45, 2.75) is 24.8 Å². The van der Waals surface area contributed by atoms with Gasteiger partial charge < -0.3 is 9.64 Å². The van der Waals surface area contributed by atoms with Crippen molar-refractivity contribution in [2.75, 3.05) is 23.5 Å². The number of ketones is 1. The first-order valence-electron chi connectivity index (χ1n) is 9.30. The number of carbonyl (C=O) groups is 1. The van der Waals surface area contributed by atoms with Crippen molar-refractivity contribution in [1.29, 1.82) is 0 Å². The van der Waals surface area contributed by atoms with Gasteiger partial charge in [0.1, 0.15) is 5.75 Å². The van der Waals surface area contributed by atoms with Crippen LogP contribution in [0.25, 0.3) is 0 Å². The van der Waals surface area contributed by atoms with Crippen molar-refractivity contribution < 1.29 is 17.9 Å². The lowest BCUT2D eigenvalue weighted by Gasteiger charge is -2.26. The molecule has 2 aliphatic heterocycles. The number of carbonyl (C=O) groups excluding carboxylic acids is 1. The summed E-state index contributed by atoms with van der Waals surface area (Å²) in [6.45, 7) is 1.53. The second-order valence-electron chi connectivity index (χ2n) is 7.24. The lowest BCUT2D eigenvalue weighted by Crippen LogP contribution is -2.39. The van der Waals surface area contributed by atoms with E-state index in [2.05, 4.69) is 0 Å². The molecule has 2 heterocycles. The average molecular weight is 431 g/mol. The van der Waals surface area contributed by atoms with Crippen LogP contribution in [0.1, 0.15) is 22.8 Å². The quantitative estimate of drug-likeness (QED) is 0.678. The molecule has 0 N–H and O–H groups in total. The van der Waals surface area contributed by atoms with E-state index < -0.39 is 9.84 Å². The minimum absolute atomic E-state index is 0.0222. The molecule has 6 nitrogen and oxygen atoms in total. The molecule has 0 radical (unpaired) electrons. The number of benzene rings is 2. The highest BCUT2D eigenvalue weighted by Gasteiger charge is 2.47. The van der Waals surface area contributed by atoms with Gasteiger partial charge in [-0.1, -0.05) is 36.0 Å². The molecule has 8 heteroatoms. The summed E-state index contributed by atoms with van der Waals surface area (Å²) in [5.41, 5.74) is 2.54. The second kappa shape index (κ2) is 7.84. The molecule has 0 saturated carbocycles. The van der Waals surface area contributed by atoms with Gasteiger partial charge in [0.05, 0.1) is 30.7 Å². The Hall–Kier alpha value is -2.32. The second-order valence-corrected chi connectivity index (χ2v) is 10.3. The summed E-state index contributed by atoms with van der Waals surface area (Å²) in [5.74, 6) is 1.65. The van der Waals surface area contributed by atoms with Crippen molar-refractivity contribution in [3.63, 3.8) is 0 Å². The van der Waals surface area contributed by atoms with Crippen LogP contribution in [0.4, 0.5) is 5.69 Å². The minimum Gasteiger partial charge on any atom is -0.497 e.